The van der Waals surface area contributed by atoms with Crippen molar-refractivity contribution in [3.05, 3.63) is 23.8 Å². The van der Waals surface area contributed by atoms with Gasteiger partial charge in [-0.2, -0.15) is 0 Å². The van der Waals surface area contributed by atoms with Crippen molar-refractivity contribution in [1.82, 2.24) is 0 Å². The van der Waals surface area contributed by atoms with Crippen LogP contribution in [0.4, 0.5) is 0 Å². The first-order chi connectivity index (χ1) is 8.06. The number of nitrogens with two attached hydrogens (primary N) is 1. The summed E-state index contributed by atoms with van der Waals surface area (Å²) in [5.74, 6) is 1.20. The van der Waals surface area contributed by atoms with Crippen molar-refractivity contribution in [1.29, 1.82) is 5.41 Å². The van der Waals surface area contributed by atoms with E-state index in [9.17, 15) is 0 Å². The van der Waals surface area contributed by atoms with Gasteiger partial charge in [0.25, 0.3) is 0 Å². The van der Waals surface area contributed by atoms with Crippen LogP contribution in [0.5, 0.6) is 11.5 Å². The average molecular weight is 238 g/mol. The van der Waals surface area contributed by atoms with Crippen molar-refractivity contribution in [3.63, 3.8) is 0 Å². The molecule has 94 valence electrons. The topological polar surface area (TPSA) is 77.6 Å². The summed E-state index contributed by atoms with van der Waals surface area (Å²) in [6, 6.07) is 5.14. The molecule has 0 saturated carbocycles. The fraction of sp³-hybridized carbons (Fsp3) is 0.417. The van der Waals surface area contributed by atoms with Gasteiger partial charge in [-0.15, -0.1) is 0 Å². The van der Waals surface area contributed by atoms with Gasteiger partial charge in [0.2, 0.25) is 0 Å². The molecule has 0 bridgehead atoms. The van der Waals surface area contributed by atoms with Crippen molar-refractivity contribution in [3.8, 4) is 11.5 Å². The SMILES string of the molecule is COc1cc(OCC(C)OC)cc(C(=N)N)c1. The average Bonchev–Trinajstić information content (AvgIpc) is 2.35. The number of hydrogen-bond acceptors (Lipinski definition) is 4. The molecule has 0 aliphatic carbocycles. The van der Waals surface area contributed by atoms with Gasteiger partial charge in [0.1, 0.15) is 23.9 Å². The highest BCUT2D eigenvalue weighted by molar-refractivity contribution is 5.95. The van der Waals surface area contributed by atoms with Gasteiger partial charge in [0.15, 0.2) is 0 Å². The van der Waals surface area contributed by atoms with Crippen LogP contribution in [-0.2, 0) is 4.74 Å². The molecule has 0 spiro atoms. The fourth-order valence-electron chi connectivity index (χ4n) is 1.21. The molecule has 1 aromatic carbocycles. The second kappa shape index (κ2) is 6.10. The van der Waals surface area contributed by atoms with E-state index < -0.39 is 0 Å². The Morgan fingerprint density at radius 2 is 1.94 bits per heavy atom. The Balaban J connectivity index is 2.83. The van der Waals surface area contributed by atoms with Gasteiger partial charge in [-0.1, -0.05) is 0 Å². The highest BCUT2D eigenvalue weighted by Gasteiger charge is 2.06. The number of benzene rings is 1. The number of hydrogen-bond donors (Lipinski definition) is 2. The van der Waals surface area contributed by atoms with E-state index in [1.807, 2.05) is 6.92 Å². The predicted octanol–water partition coefficient (Wildman–Crippen LogP) is 1.39. The third-order valence-electron chi connectivity index (χ3n) is 2.31. The lowest BCUT2D eigenvalue weighted by molar-refractivity contribution is 0.0716. The number of amidine groups is 1. The molecule has 1 atom stereocenters. The number of methoxy groups -OCH3 is 2. The van der Waals surface area contributed by atoms with E-state index in [4.69, 9.17) is 25.4 Å². The minimum absolute atomic E-state index is 0.00183. The fourth-order valence-corrected chi connectivity index (χ4v) is 1.21. The first-order valence-corrected chi connectivity index (χ1v) is 5.26. The molecule has 3 N–H and O–H groups in total. The van der Waals surface area contributed by atoms with Gasteiger partial charge in [0.05, 0.1) is 13.2 Å². The maximum absolute atomic E-state index is 7.40. The zero-order valence-electron chi connectivity index (χ0n) is 10.3. The van der Waals surface area contributed by atoms with Crippen molar-refractivity contribution < 1.29 is 14.2 Å². The second-order valence-corrected chi connectivity index (χ2v) is 3.67. The summed E-state index contributed by atoms with van der Waals surface area (Å²) in [5.41, 5.74) is 6.01. The lowest BCUT2D eigenvalue weighted by Gasteiger charge is -2.13. The summed E-state index contributed by atoms with van der Waals surface area (Å²) in [5, 5.41) is 7.40. The van der Waals surface area contributed by atoms with Crippen LogP contribution in [0.3, 0.4) is 0 Å². The molecule has 0 aliphatic heterocycles. The molecule has 0 saturated heterocycles. The monoisotopic (exact) mass is 238 g/mol. The van der Waals surface area contributed by atoms with Gasteiger partial charge in [-0.05, 0) is 19.1 Å². The summed E-state index contributed by atoms with van der Waals surface area (Å²) in [6.45, 7) is 2.34. The third kappa shape index (κ3) is 3.96. The van der Waals surface area contributed by atoms with E-state index in [1.165, 1.54) is 0 Å². The number of rotatable bonds is 6. The molecule has 1 aromatic rings. The molecule has 0 amide bonds. The highest BCUT2D eigenvalue weighted by atomic mass is 16.5. The van der Waals surface area contributed by atoms with Gasteiger partial charge in [-0.25, -0.2) is 0 Å². The van der Waals surface area contributed by atoms with Gasteiger partial charge in [0, 0.05) is 18.7 Å². The van der Waals surface area contributed by atoms with Crippen molar-refractivity contribution in [2.45, 2.75) is 13.0 Å². The van der Waals surface area contributed by atoms with Crippen LogP contribution in [0.1, 0.15) is 12.5 Å². The Morgan fingerprint density at radius 3 is 2.47 bits per heavy atom. The van der Waals surface area contributed by atoms with E-state index >= 15 is 0 Å². The Kier molecular flexibility index (Phi) is 4.78. The highest BCUT2D eigenvalue weighted by Crippen LogP contribution is 2.22. The van der Waals surface area contributed by atoms with Crippen molar-refractivity contribution in [2.75, 3.05) is 20.8 Å². The lowest BCUT2D eigenvalue weighted by Crippen LogP contribution is -2.16. The molecule has 0 aromatic heterocycles. The van der Waals surface area contributed by atoms with Gasteiger partial charge in [-0.3, -0.25) is 5.41 Å². The van der Waals surface area contributed by atoms with E-state index in [-0.39, 0.29) is 11.9 Å². The van der Waals surface area contributed by atoms with Crippen LogP contribution >= 0.6 is 0 Å². The summed E-state index contributed by atoms with van der Waals surface area (Å²) in [6.07, 6.45) is 0.00183. The molecule has 0 aliphatic rings. The zero-order chi connectivity index (χ0) is 12.8. The molecule has 5 heteroatoms. The summed E-state index contributed by atoms with van der Waals surface area (Å²) in [7, 11) is 3.18. The minimum atomic E-state index is -0.0199. The maximum Gasteiger partial charge on any atom is 0.123 e. The number of ether oxygens (including phenoxy) is 3. The van der Waals surface area contributed by atoms with Crippen molar-refractivity contribution >= 4 is 5.84 Å². The maximum atomic E-state index is 7.40. The van der Waals surface area contributed by atoms with Crippen molar-refractivity contribution in [2.24, 2.45) is 5.73 Å². The smallest absolute Gasteiger partial charge is 0.123 e. The number of nitrogens with one attached hydrogen (secondary N) is 1. The largest absolute Gasteiger partial charge is 0.497 e. The second-order valence-electron chi connectivity index (χ2n) is 3.67. The molecule has 17 heavy (non-hydrogen) atoms. The van der Waals surface area contributed by atoms with Gasteiger partial charge >= 0.3 is 0 Å². The molecular formula is C12H18N2O3. The van der Waals surface area contributed by atoms with Crippen LogP contribution in [0, 0.1) is 5.41 Å². The molecule has 1 unspecified atom stereocenters. The third-order valence-corrected chi connectivity index (χ3v) is 2.31. The van der Waals surface area contributed by atoms with Crippen LogP contribution in [0.2, 0.25) is 0 Å². The summed E-state index contributed by atoms with van der Waals surface area (Å²) < 4.78 is 15.7. The van der Waals surface area contributed by atoms with E-state index in [0.717, 1.165) is 0 Å². The minimum Gasteiger partial charge on any atom is -0.497 e. The Labute approximate surface area is 101 Å². The van der Waals surface area contributed by atoms with Crippen LogP contribution in [0.25, 0.3) is 0 Å². The van der Waals surface area contributed by atoms with E-state index in [0.29, 0.717) is 23.7 Å². The molecule has 0 fully saturated rings. The standard InChI is InChI=1S/C12H18N2O3/c1-8(15-2)7-17-11-5-9(12(13)14)4-10(6-11)16-3/h4-6,8H,7H2,1-3H3,(H3,13,14). The molecule has 0 heterocycles. The molecule has 5 nitrogen and oxygen atoms in total. The van der Waals surface area contributed by atoms with Crippen LogP contribution < -0.4 is 15.2 Å². The summed E-state index contributed by atoms with van der Waals surface area (Å²) in [4.78, 5) is 0. The first-order valence-electron chi connectivity index (χ1n) is 5.26. The lowest BCUT2D eigenvalue weighted by atomic mass is 10.2. The zero-order valence-corrected chi connectivity index (χ0v) is 10.3. The van der Waals surface area contributed by atoms with E-state index in [2.05, 4.69) is 0 Å². The molecule has 1 rings (SSSR count). The van der Waals surface area contributed by atoms with Crippen LogP contribution in [-0.4, -0.2) is 32.8 Å². The quantitative estimate of drug-likeness (QED) is 0.580. The molecular weight excluding hydrogens is 220 g/mol. The normalized spacial score (nSPS) is 11.9. The number of nitrogen functional groups attached to an aromatic ring is 1. The Bertz CT molecular complexity index is 393. The molecule has 0 radical (unpaired) electrons. The summed E-state index contributed by atoms with van der Waals surface area (Å²) >= 11 is 0. The van der Waals surface area contributed by atoms with E-state index in [1.54, 1.807) is 32.4 Å². The predicted molar refractivity (Wildman–Crippen MR) is 66.0 cm³/mol. The Morgan fingerprint density at radius 1 is 1.29 bits per heavy atom. The van der Waals surface area contributed by atoms with Crippen LogP contribution in [0.15, 0.2) is 18.2 Å². The Hall–Kier alpha value is -1.75. The first kappa shape index (κ1) is 13.3. The van der Waals surface area contributed by atoms with Gasteiger partial charge < -0.3 is 19.9 Å².